The van der Waals surface area contributed by atoms with Crippen LogP contribution in [0, 0.1) is 0 Å². The van der Waals surface area contributed by atoms with Gasteiger partial charge in [0.15, 0.2) is 0 Å². The molecule has 2 heterocycles. The van der Waals surface area contributed by atoms with Crippen LogP contribution in [0.1, 0.15) is 39.0 Å². The summed E-state index contributed by atoms with van der Waals surface area (Å²) in [6.45, 7) is 5.87. The Morgan fingerprint density at radius 2 is 2.05 bits per heavy atom. The first-order chi connectivity index (χ1) is 8.74. The molecule has 2 saturated heterocycles. The van der Waals surface area contributed by atoms with Crippen molar-refractivity contribution in [3.8, 4) is 0 Å². The molecule has 0 radical (unpaired) electrons. The van der Waals surface area contributed by atoms with Gasteiger partial charge in [-0.15, -0.1) is 12.4 Å². The van der Waals surface area contributed by atoms with Gasteiger partial charge in [0.1, 0.15) is 0 Å². The second-order valence-electron chi connectivity index (χ2n) is 5.65. The van der Waals surface area contributed by atoms with Crippen LogP contribution in [-0.2, 0) is 4.79 Å². The summed E-state index contributed by atoms with van der Waals surface area (Å²) < 4.78 is 0. The Labute approximate surface area is 123 Å². The fraction of sp³-hybridized carbons (Fsp3) is 0.929. The first kappa shape index (κ1) is 16.7. The number of likely N-dealkylation sites (tertiary alicyclic amines) is 2. The maximum atomic E-state index is 12.4. The van der Waals surface area contributed by atoms with Crippen molar-refractivity contribution in [1.29, 1.82) is 0 Å². The third-order valence-corrected chi connectivity index (χ3v) is 4.46. The van der Waals surface area contributed by atoms with E-state index in [1.165, 1.54) is 25.7 Å². The third-order valence-electron chi connectivity index (χ3n) is 4.46. The third kappa shape index (κ3) is 4.33. The van der Waals surface area contributed by atoms with E-state index in [4.69, 9.17) is 0 Å². The average Bonchev–Trinajstić information content (AvgIpc) is 2.86. The van der Waals surface area contributed by atoms with Crippen LogP contribution in [0.3, 0.4) is 0 Å². The second-order valence-corrected chi connectivity index (χ2v) is 5.65. The van der Waals surface area contributed by atoms with Crippen molar-refractivity contribution >= 4 is 18.3 Å². The molecule has 2 unspecified atom stereocenters. The first-order valence-corrected chi connectivity index (χ1v) is 7.43. The molecule has 0 aromatic rings. The predicted molar refractivity (Wildman–Crippen MR) is 80.8 cm³/mol. The van der Waals surface area contributed by atoms with Gasteiger partial charge in [0.2, 0.25) is 5.91 Å². The molecule has 2 aliphatic heterocycles. The van der Waals surface area contributed by atoms with Crippen LogP contribution < -0.4 is 5.32 Å². The smallest absolute Gasteiger partial charge is 0.236 e. The summed E-state index contributed by atoms with van der Waals surface area (Å²) in [7, 11) is 2.01. The normalized spacial score (nSPS) is 28.2. The maximum Gasteiger partial charge on any atom is 0.236 e. The summed E-state index contributed by atoms with van der Waals surface area (Å²) in [5.41, 5.74) is 0. The van der Waals surface area contributed by atoms with E-state index in [0.29, 0.717) is 24.5 Å². The topological polar surface area (TPSA) is 35.6 Å². The zero-order valence-corrected chi connectivity index (χ0v) is 13.0. The maximum absolute atomic E-state index is 12.4. The molecule has 2 rings (SSSR count). The molecule has 1 N–H and O–H groups in total. The Morgan fingerprint density at radius 3 is 2.68 bits per heavy atom. The zero-order chi connectivity index (χ0) is 13.0. The van der Waals surface area contributed by atoms with E-state index >= 15 is 0 Å². The van der Waals surface area contributed by atoms with Crippen LogP contribution in [0.15, 0.2) is 0 Å². The van der Waals surface area contributed by atoms with E-state index in [1.54, 1.807) is 0 Å². The number of rotatable bonds is 4. The Kier molecular flexibility index (Phi) is 7.11. The number of carbonyl (C=O) groups is 1. The SMILES string of the molecule is CCC1CCCCN1C(=O)CN1CCC(NC)C1.Cl. The van der Waals surface area contributed by atoms with Crippen LogP contribution in [0.5, 0.6) is 0 Å². The Morgan fingerprint density at radius 1 is 1.26 bits per heavy atom. The van der Waals surface area contributed by atoms with Gasteiger partial charge >= 0.3 is 0 Å². The molecule has 0 saturated carbocycles. The van der Waals surface area contributed by atoms with Crippen LogP contribution >= 0.6 is 12.4 Å². The summed E-state index contributed by atoms with van der Waals surface area (Å²) in [5.74, 6) is 0.346. The van der Waals surface area contributed by atoms with Gasteiger partial charge in [-0.25, -0.2) is 0 Å². The number of hydrogen-bond donors (Lipinski definition) is 1. The molecule has 112 valence electrons. The number of hydrogen-bond acceptors (Lipinski definition) is 3. The number of likely N-dealkylation sites (N-methyl/N-ethyl adjacent to an activating group) is 1. The van der Waals surface area contributed by atoms with Gasteiger partial charge in [-0.2, -0.15) is 0 Å². The van der Waals surface area contributed by atoms with Gasteiger partial charge in [0.05, 0.1) is 6.54 Å². The lowest BCUT2D eigenvalue weighted by molar-refractivity contribution is -0.135. The first-order valence-electron chi connectivity index (χ1n) is 7.43. The van der Waals surface area contributed by atoms with Crippen LogP contribution in [-0.4, -0.2) is 61.0 Å². The van der Waals surface area contributed by atoms with Crippen molar-refractivity contribution in [2.75, 3.05) is 33.2 Å². The molecule has 2 aliphatic rings. The second kappa shape index (κ2) is 8.08. The molecule has 0 aromatic carbocycles. The number of halogens is 1. The molecule has 0 bridgehead atoms. The molecule has 4 nitrogen and oxygen atoms in total. The average molecular weight is 290 g/mol. The van der Waals surface area contributed by atoms with E-state index in [9.17, 15) is 4.79 Å². The molecule has 0 aromatic heterocycles. The lowest BCUT2D eigenvalue weighted by atomic mass is 10.00. The number of carbonyl (C=O) groups excluding carboxylic acids is 1. The molecule has 19 heavy (non-hydrogen) atoms. The summed E-state index contributed by atoms with van der Waals surface area (Å²) in [5, 5.41) is 3.30. The van der Waals surface area contributed by atoms with E-state index in [2.05, 4.69) is 22.0 Å². The van der Waals surface area contributed by atoms with E-state index < -0.39 is 0 Å². The van der Waals surface area contributed by atoms with Crippen LogP contribution in [0.4, 0.5) is 0 Å². The van der Waals surface area contributed by atoms with Crippen molar-refractivity contribution in [2.24, 2.45) is 0 Å². The van der Waals surface area contributed by atoms with Crippen LogP contribution in [0.25, 0.3) is 0 Å². The molecular weight excluding hydrogens is 262 g/mol. The van der Waals surface area contributed by atoms with Crippen molar-refractivity contribution in [3.63, 3.8) is 0 Å². The highest BCUT2D eigenvalue weighted by molar-refractivity contribution is 5.85. The number of nitrogens with one attached hydrogen (secondary N) is 1. The summed E-state index contributed by atoms with van der Waals surface area (Å²) in [6, 6.07) is 1.06. The number of piperidine rings is 1. The van der Waals surface area contributed by atoms with Crippen molar-refractivity contribution in [3.05, 3.63) is 0 Å². The fourth-order valence-corrected chi connectivity index (χ4v) is 3.25. The summed E-state index contributed by atoms with van der Waals surface area (Å²) in [4.78, 5) is 16.8. The Balaban J connectivity index is 0.00000180. The Hall–Kier alpha value is -0.320. The monoisotopic (exact) mass is 289 g/mol. The molecule has 2 atom stereocenters. The standard InChI is InChI=1S/C14H27N3O.ClH/c1-3-13-6-4-5-8-17(13)14(18)11-16-9-7-12(10-16)15-2;/h12-13,15H,3-11H2,1-2H3;1H. The van der Waals surface area contributed by atoms with Gasteiger partial charge < -0.3 is 10.2 Å². The highest BCUT2D eigenvalue weighted by Crippen LogP contribution is 2.20. The minimum Gasteiger partial charge on any atom is -0.339 e. The molecule has 0 spiro atoms. The Bertz CT molecular complexity index is 288. The van der Waals surface area contributed by atoms with E-state index in [0.717, 1.165) is 26.1 Å². The van der Waals surface area contributed by atoms with E-state index in [-0.39, 0.29) is 12.4 Å². The van der Waals surface area contributed by atoms with Gasteiger partial charge in [-0.05, 0) is 39.2 Å². The fourth-order valence-electron chi connectivity index (χ4n) is 3.25. The lowest BCUT2D eigenvalue weighted by Crippen LogP contribution is -2.47. The van der Waals surface area contributed by atoms with Gasteiger partial charge in [0.25, 0.3) is 0 Å². The van der Waals surface area contributed by atoms with Gasteiger partial charge in [-0.1, -0.05) is 6.92 Å². The minimum absolute atomic E-state index is 0. The largest absolute Gasteiger partial charge is 0.339 e. The van der Waals surface area contributed by atoms with Crippen molar-refractivity contribution in [2.45, 2.75) is 51.1 Å². The number of amides is 1. The summed E-state index contributed by atoms with van der Waals surface area (Å²) >= 11 is 0. The summed E-state index contributed by atoms with van der Waals surface area (Å²) in [6.07, 6.45) is 5.93. The molecule has 5 heteroatoms. The minimum atomic E-state index is 0. The van der Waals surface area contributed by atoms with Gasteiger partial charge in [0, 0.05) is 31.7 Å². The van der Waals surface area contributed by atoms with Crippen molar-refractivity contribution in [1.82, 2.24) is 15.1 Å². The van der Waals surface area contributed by atoms with Crippen molar-refractivity contribution < 1.29 is 4.79 Å². The highest BCUT2D eigenvalue weighted by atomic mass is 35.5. The van der Waals surface area contributed by atoms with Gasteiger partial charge in [-0.3, -0.25) is 9.69 Å². The van der Waals surface area contributed by atoms with Crippen LogP contribution in [0.2, 0.25) is 0 Å². The zero-order valence-electron chi connectivity index (χ0n) is 12.2. The number of nitrogens with zero attached hydrogens (tertiary/aromatic N) is 2. The molecule has 0 aliphatic carbocycles. The predicted octanol–water partition coefficient (Wildman–Crippen LogP) is 1.49. The quantitative estimate of drug-likeness (QED) is 0.852. The highest BCUT2D eigenvalue weighted by Gasteiger charge is 2.28. The molecular formula is C14H28ClN3O. The van der Waals surface area contributed by atoms with E-state index in [1.807, 2.05) is 7.05 Å². The molecule has 1 amide bonds. The lowest BCUT2D eigenvalue weighted by Gasteiger charge is -2.36. The molecule has 2 fully saturated rings.